The molecule has 1 aliphatic rings. The lowest BCUT2D eigenvalue weighted by Gasteiger charge is -2.32. The fourth-order valence-electron chi connectivity index (χ4n) is 4.07. The number of carbonyl (C=O) groups is 1. The van der Waals surface area contributed by atoms with Crippen molar-refractivity contribution in [2.75, 3.05) is 13.1 Å². The maximum atomic E-state index is 12.6. The van der Waals surface area contributed by atoms with Crippen molar-refractivity contribution in [2.45, 2.75) is 38.8 Å². The smallest absolute Gasteiger partial charge is 0.224 e. The van der Waals surface area contributed by atoms with Crippen LogP contribution in [0.5, 0.6) is 0 Å². The Kier molecular flexibility index (Phi) is 5.68. The van der Waals surface area contributed by atoms with Gasteiger partial charge in [-0.05, 0) is 37.0 Å². The van der Waals surface area contributed by atoms with Crippen LogP contribution in [0.25, 0.3) is 10.9 Å². The van der Waals surface area contributed by atoms with Crippen LogP contribution in [0.4, 0.5) is 0 Å². The summed E-state index contributed by atoms with van der Waals surface area (Å²) in [5, 5.41) is 4.31. The molecule has 0 radical (unpaired) electrons. The van der Waals surface area contributed by atoms with Crippen LogP contribution in [0.15, 0.2) is 60.8 Å². The molecule has 1 N–H and O–H groups in total. The highest BCUT2D eigenvalue weighted by molar-refractivity contribution is 5.87. The molecule has 2 aromatic carbocycles. The van der Waals surface area contributed by atoms with Crippen molar-refractivity contribution in [3.05, 3.63) is 77.5 Å². The molecule has 0 spiro atoms. The first-order valence-corrected chi connectivity index (χ1v) is 10.1. The van der Waals surface area contributed by atoms with Gasteiger partial charge in [-0.2, -0.15) is 0 Å². The molecule has 0 bridgehead atoms. The second kappa shape index (κ2) is 8.53. The number of piperidine rings is 1. The third-order valence-electron chi connectivity index (χ3n) is 5.51. The number of nitrogens with one attached hydrogen (secondary N) is 1. The minimum Gasteiger partial charge on any atom is -0.353 e. The third-order valence-corrected chi connectivity index (χ3v) is 5.51. The van der Waals surface area contributed by atoms with Crippen LogP contribution in [-0.4, -0.2) is 34.9 Å². The Morgan fingerprint density at radius 2 is 1.89 bits per heavy atom. The minimum absolute atomic E-state index is 0.0929. The molecule has 0 atom stereocenters. The number of benzene rings is 2. The van der Waals surface area contributed by atoms with E-state index in [1.807, 2.05) is 30.3 Å². The van der Waals surface area contributed by atoms with Gasteiger partial charge in [0.15, 0.2) is 0 Å². The van der Waals surface area contributed by atoms with E-state index >= 15 is 0 Å². The van der Waals surface area contributed by atoms with Crippen molar-refractivity contribution in [2.24, 2.45) is 0 Å². The molecule has 4 rings (SSSR count). The Hall–Kier alpha value is -2.72. The topological polar surface area (TPSA) is 45.2 Å². The van der Waals surface area contributed by atoms with Crippen LogP contribution in [0.3, 0.4) is 0 Å². The zero-order chi connectivity index (χ0) is 19.3. The van der Waals surface area contributed by atoms with E-state index in [9.17, 15) is 4.79 Å². The van der Waals surface area contributed by atoms with E-state index in [2.05, 4.69) is 46.4 Å². The molecule has 4 nitrogen and oxygen atoms in total. The van der Waals surface area contributed by atoms with Crippen LogP contribution >= 0.6 is 0 Å². The highest BCUT2D eigenvalue weighted by atomic mass is 16.1. The Morgan fingerprint density at radius 1 is 1.11 bits per heavy atom. The molecule has 1 amide bonds. The van der Waals surface area contributed by atoms with Gasteiger partial charge in [0.2, 0.25) is 5.91 Å². The molecule has 2 heterocycles. The number of aryl methyl sites for hydroxylation is 1. The van der Waals surface area contributed by atoms with Crippen molar-refractivity contribution >= 4 is 16.8 Å². The van der Waals surface area contributed by atoms with Gasteiger partial charge >= 0.3 is 0 Å². The Bertz CT molecular complexity index is 955. The number of para-hydroxylation sites is 1. The van der Waals surface area contributed by atoms with Crippen LogP contribution in [0.2, 0.25) is 0 Å². The van der Waals surface area contributed by atoms with E-state index in [4.69, 9.17) is 0 Å². The Labute approximate surface area is 166 Å². The normalized spacial score (nSPS) is 15.6. The summed E-state index contributed by atoms with van der Waals surface area (Å²) in [4.78, 5) is 19.5. The number of likely N-dealkylation sites (tertiary alicyclic amines) is 1. The van der Waals surface area contributed by atoms with Crippen molar-refractivity contribution in [1.29, 1.82) is 0 Å². The number of aromatic nitrogens is 1. The molecule has 1 aromatic heterocycles. The molecule has 0 aliphatic carbocycles. The molecule has 1 aliphatic heterocycles. The summed E-state index contributed by atoms with van der Waals surface area (Å²) < 4.78 is 0. The second-order valence-corrected chi connectivity index (χ2v) is 7.78. The number of hydrogen-bond acceptors (Lipinski definition) is 3. The van der Waals surface area contributed by atoms with Gasteiger partial charge in [0, 0.05) is 37.3 Å². The summed E-state index contributed by atoms with van der Waals surface area (Å²) in [5.74, 6) is 0.0929. The summed E-state index contributed by atoms with van der Waals surface area (Å²) in [7, 11) is 0. The van der Waals surface area contributed by atoms with E-state index in [0.29, 0.717) is 6.42 Å². The second-order valence-electron chi connectivity index (χ2n) is 7.78. The zero-order valence-corrected chi connectivity index (χ0v) is 16.4. The van der Waals surface area contributed by atoms with Crippen molar-refractivity contribution < 1.29 is 4.79 Å². The van der Waals surface area contributed by atoms with Gasteiger partial charge < -0.3 is 5.32 Å². The number of pyridine rings is 1. The average molecular weight is 374 g/mol. The molecule has 0 unspecified atom stereocenters. The highest BCUT2D eigenvalue weighted by Crippen LogP contribution is 2.18. The summed E-state index contributed by atoms with van der Waals surface area (Å²) in [6, 6.07) is 19.0. The zero-order valence-electron chi connectivity index (χ0n) is 16.4. The lowest BCUT2D eigenvalue weighted by atomic mass is 10.0. The molecule has 4 heteroatoms. The van der Waals surface area contributed by atoms with Crippen molar-refractivity contribution in [3.8, 4) is 0 Å². The fraction of sp³-hybridized carbons (Fsp3) is 0.333. The molecule has 3 aromatic rings. The van der Waals surface area contributed by atoms with Crippen molar-refractivity contribution in [3.63, 3.8) is 0 Å². The van der Waals surface area contributed by atoms with E-state index in [1.54, 1.807) is 6.20 Å². The van der Waals surface area contributed by atoms with Gasteiger partial charge in [-0.1, -0.05) is 54.1 Å². The number of carbonyl (C=O) groups excluding carboxylic acids is 1. The maximum absolute atomic E-state index is 12.6. The number of hydrogen-bond donors (Lipinski definition) is 1. The van der Waals surface area contributed by atoms with E-state index in [1.165, 1.54) is 11.1 Å². The fourth-order valence-corrected chi connectivity index (χ4v) is 4.07. The summed E-state index contributed by atoms with van der Waals surface area (Å²) in [6.45, 7) is 5.17. The number of rotatable bonds is 5. The van der Waals surface area contributed by atoms with E-state index < -0.39 is 0 Å². The first kappa shape index (κ1) is 18.6. The number of nitrogens with zero attached hydrogens (tertiary/aromatic N) is 2. The quantitative estimate of drug-likeness (QED) is 0.738. The Morgan fingerprint density at radius 3 is 2.71 bits per heavy atom. The number of fused-ring (bicyclic) bond motifs is 1. The SMILES string of the molecule is Cc1cccc(CN2CCC(NC(=O)Cc3cccc4cccnc34)CC2)c1. The average Bonchev–Trinajstić information content (AvgIpc) is 2.70. The van der Waals surface area contributed by atoms with Crippen LogP contribution in [0.1, 0.15) is 29.5 Å². The van der Waals surface area contributed by atoms with Crippen LogP contribution in [0, 0.1) is 6.92 Å². The monoisotopic (exact) mass is 373 g/mol. The number of amides is 1. The molecule has 28 heavy (non-hydrogen) atoms. The lowest BCUT2D eigenvalue weighted by molar-refractivity contribution is -0.121. The standard InChI is InChI=1S/C24H27N3O/c1-18-5-2-6-19(15-18)17-27-13-10-22(11-14-27)26-23(28)16-21-8-3-7-20-9-4-12-25-24(20)21/h2-9,12,15,22H,10-11,13-14,16-17H2,1H3,(H,26,28). The molecule has 1 saturated heterocycles. The van der Waals surface area contributed by atoms with Gasteiger partial charge in [-0.25, -0.2) is 0 Å². The molecule has 1 fully saturated rings. The summed E-state index contributed by atoms with van der Waals surface area (Å²) in [6.07, 6.45) is 4.18. The summed E-state index contributed by atoms with van der Waals surface area (Å²) in [5.41, 5.74) is 4.59. The first-order chi connectivity index (χ1) is 13.7. The van der Waals surface area contributed by atoms with Gasteiger partial charge in [-0.15, -0.1) is 0 Å². The van der Waals surface area contributed by atoms with Gasteiger partial charge in [0.1, 0.15) is 0 Å². The summed E-state index contributed by atoms with van der Waals surface area (Å²) >= 11 is 0. The van der Waals surface area contributed by atoms with Crippen LogP contribution < -0.4 is 5.32 Å². The van der Waals surface area contributed by atoms with Gasteiger partial charge in [0.25, 0.3) is 0 Å². The lowest BCUT2D eigenvalue weighted by Crippen LogP contribution is -2.44. The van der Waals surface area contributed by atoms with E-state index in [-0.39, 0.29) is 11.9 Å². The Balaban J connectivity index is 1.29. The third kappa shape index (κ3) is 4.57. The highest BCUT2D eigenvalue weighted by Gasteiger charge is 2.21. The van der Waals surface area contributed by atoms with E-state index in [0.717, 1.165) is 48.9 Å². The van der Waals surface area contributed by atoms with Gasteiger partial charge in [0.05, 0.1) is 11.9 Å². The van der Waals surface area contributed by atoms with Gasteiger partial charge in [-0.3, -0.25) is 14.7 Å². The predicted molar refractivity (Wildman–Crippen MR) is 113 cm³/mol. The predicted octanol–water partition coefficient (Wildman–Crippen LogP) is 3.87. The first-order valence-electron chi connectivity index (χ1n) is 10.1. The van der Waals surface area contributed by atoms with Crippen molar-refractivity contribution in [1.82, 2.24) is 15.2 Å². The molecule has 0 saturated carbocycles. The molecule has 144 valence electrons. The largest absolute Gasteiger partial charge is 0.353 e. The van der Waals surface area contributed by atoms with Crippen LogP contribution in [-0.2, 0) is 17.8 Å². The minimum atomic E-state index is 0.0929. The molecular weight excluding hydrogens is 346 g/mol. The molecular formula is C24H27N3O. The maximum Gasteiger partial charge on any atom is 0.224 e.